The van der Waals surface area contributed by atoms with E-state index in [1.807, 2.05) is 4.90 Å². The Morgan fingerprint density at radius 2 is 1.79 bits per heavy atom. The van der Waals surface area contributed by atoms with E-state index in [2.05, 4.69) is 36.0 Å². The van der Waals surface area contributed by atoms with E-state index in [4.69, 9.17) is 11.6 Å². The van der Waals surface area contributed by atoms with Crippen molar-refractivity contribution < 1.29 is 9.59 Å². The molecule has 1 aromatic rings. The molecule has 1 N–H and O–H groups in total. The van der Waals surface area contributed by atoms with Crippen LogP contribution in [0.5, 0.6) is 0 Å². The summed E-state index contributed by atoms with van der Waals surface area (Å²) in [5.41, 5.74) is -0.00304. The third kappa shape index (κ3) is 6.32. The molecule has 2 fully saturated rings. The average Bonchev–Trinajstić information content (AvgIpc) is 3.06. The second-order valence-corrected chi connectivity index (χ2v) is 11.1. The zero-order valence-electron chi connectivity index (χ0n) is 17.7. The van der Waals surface area contributed by atoms with E-state index in [9.17, 15) is 9.59 Å². The summed E-state index contributed by atoms with van der Waals surface area (Å²) >= 11 is 7.25. The van der Waals surface area contributed by atoms with Crippen LogP contribution in [0.3, 0.4) is 0 Å². The Hall–Kier alpha value is -1.34. The second kappa shape index (κ2) is 9.65. The summed E-state index contributed by atoms with van der Waals surface area (Å²) in [5.74, 6) is 0.224. The maximum Gasteiger partial charge on any atom is 0.324 e. The molecule has 8 heteroatoms. The number of anilines is 1. The zero-order valence-corrected chi connectivity index (χ0v) is 19.3. The van der Waals surface area contributed by atoms with Gasteiger partial charge in [-0.2, -0.15) is 0 Å². The number of amides is 3. The minimum Gasteiger partial charge on any atom is -0.343 e. The van der Waals surface area contributed by atoms with Crippen molar-refractivity contribution in [2.45, 2.75) is 84.2 Å². The number of carbonyl (C=O) groups is 2. The lowest BCUT2D eigenvalue weighted by Crippen LogP contribution is -2.54. The zero-order chi connectivity index (χ0) is 21.0. The van der Waals surface area contributed by atoms with Gasteiger partial charge in [0.1, 0.15) is 4.34 Å². The number of nitrogens with zero attached hydrogens (tertiary/aromatic N) is 3. The molecule has 2 aliphatic rings. The largest absolute Gasteiger partial charge is 0.343 e. The number of urea groups is 1. The summed E-state index contributed by atoms with van der Waals surface area (Å²) in [6.45, 7) is 7.73. The van der Waals surface area contributed by atoms with Crippen LogP contribution in [-0.4, -0.2) is 51.9 Å². The van der Waals surface area contributed by atoms with Gasteiger partial charge < -0.3 is 9.80 Å². The lowest BCUT2D eigenvalue weighted by atomic mass is 9.90. The first-order valence-electron chi connectivity index (χ1n) is 10.7. The van der Waals surface area contributed by atoms with Crippen molar-refractivity contribution in [1.29, 1.82) is 0 Å². The van der Waals surface area contributed by atoms with Crippen LogP contribution in [0.2, 0.25) is 4.34 Å². The second-order valence-electron chi connectivity index (χ2n) is 9.45. The van der Waals surface area contributed by atoms with Gasteiger partial charge in [-0.25, -0.2) is 9.78 Å². The molecule has 6 nitrogen and oxygen atoms in total. The lowest BCUT2D eigenvalue weighted by molar-refractivity contribution is -0.134. The molecular formula is C21H33ClN4O2S. The molecule has 162 valence electrons. The number of hydrogen-bond acceptors (Lipinski definition) is 4. The van der Waals surface area contributed by atoms with Crippen LogP contribution in [0.25, 0.3) is 0 Å². The SMILES string of the molecule is CC(C)(C)CC(=O)N1CCC(N(C(=O)Nc2ncc(Cl)s2)C2CCCCC2)CC1. The predicted molar refractivity (Wildman–Crippen MR) is 119 cm³/mol. The van der Waals surface area contributed by atoms with Gasteiger partial charge in [-0.3, -0.25) is 10.1 Å². The summed E-state index contributed by atoms with van der Waals surface area (Å²) in [5, 5.41) is 3.49. The van der Waals surface area contributed by atoms with Gasteiger partial charge >= 0.3 is 6.03 Å². The van der Waals surface area contributed by atoms with Crippen LogP contribution < -0.4 is 5.32 Å². The summed E-state index contributed by atoms with van der Waals surface area (Å²) in [6.07, 6.45) is 9.47. The van der Waals surface area contributed by atoms with Crippen LogP contribution in [0.15, 0.2) is 6.20 Å². The number of aromatic nitrogens is 1. The molecule has 1 saturated carbocycles. The van der Waals surface area contributed by atoms with Crippen LogP contribution in [0, 0.1) is 5.41 Å². The monoisotopic (exact) mass is 440 g/mol. The van der Waals surface area contributed by atoms with Gasteiger partial charge in [-0.05, 0) is 31.1 Å². The highest BCUT2D eigenvalue weighted by atomic mass is 35.5. The summed E-state index contributed by atoms with van der Waals surface area (Å²) in [7, 11) is 0. The summed E-state index contributed by atoms with van der Waals surface area (Å²) in [6, 6.07) is 0.343. The Morgan fingerprint density at radius 1 is 1.17 bits per heavy atom. The molecule has 1 aliphatic carbocycles. The highest BCUT2D eigenvalue weighted by Gasteiger charge is 2.35. The summed E-state index contributed by atoms with van der Waals surface area (Å²) in [4.78, 5) is 34.0. The van der Waals surface area contributed by atoms with Crippen molar-refractivity contribution in [3.8, 4) is 0 Å². The number of thiazole rings is 1. The van der Waals surface area contributed by atoms with Crippen molar-refractivity contribution in [2.75, 3.05) is 18.4 Å². The molecule has 0 bridgehead atoms. The molecule has 1 saturated heterocycles. The Balaban J connectivity index is 1.65. The van der Waals surface area contributed by atoms with Crippen LogP contribution in [-0.2, 0) is 4.79 Å². The molecule has 2 heterocycles. The fourth-order valence-corrected chi connectivity index (χ4v) is 5.22. The third-order valence-electron chi connectivity index (χ3n) is 5.79. The van der Waals surface area contributed by atoms with E-state index < -0.39 is 0 Å². The maximum atomic E-state index is 13.2. The average molecular weight is 441 g/mol. The number of halogens is 1. The van der Waals surface area contributed by atoms with E-state index in [0.29, 0.717) is 15.9 Å². The maximum absolute atomic E-state index is 13.2. The van der Waals surface area contributed by atoms with E-state index in [1.165, 1.54) is 30.6 Å². The van der Waals surface area contributed by atoms with Crippen LogP contribution in [0.1, 0.15) is 72.1 Å². The van der Waals surface area contributed by atoms with Gasteiger partial charge in [-0.15, -0.1) is 0 Å². The van der Waals surface area contributed by atoms with Gasteiger partial charge in [0.2, 0.25) is 5.91 Å². The van der Waals surface area contributed by atoms with Gasteiger partial charge in [0.05, 0.1) is 6.20 Å². The van der Waals surface area contributed by atoms with Gasteiger partial charge in [0.15, 0.2) is 5.13 Å². The number of rotatable bonds is 4. The van der Waals surface area contributed by atoms with E-state index in [1.54, 1.807) is 6.20 Å². The normalized spacial score (nSPS) is 19.2. The molecule has 1 aromatic heterocycles. The highest BCUT2D eigenvalue weighted by Crippen LogP contribution is 2.30. The fraction of sp³-hybridized carbons (Fsp3) is 0.762. The standard InChI is InChI=1S/C21H33ClN4O2S/c1-21(2,3)13-18(27)25-11-9-16(10-12-25)26(15-7-5-4-6-8-15)20(28)24-19-23-14-17(22)29-19/h14-16H,4-13H2,1-3H3,(H,23,24,28). The van der Waals surface area contributed by atoms with Crippen molar-refractivity contribution in [3.63, 3.8) is 0 Å². The van der Waals surface area contributed by atoms with Crippen molar-refractivity contribution in [1.82, 2.24) is 14.8 Å². The Morgan fingerprint density at radius 3 is 2.34 bits per heavy atom. The number of likely N-dealkylation sites (tertiary alicyclic amines) is 1. The number of carbonyl (C=O) groups excluding carboxylic acids is 2. The third-order valence-corrected chi connectivity index (χ3v) is 6.82. The molecule has 3 rings (SSSR count). The van der Waals surface area contributed by atoms with Crippen molar-refractivity contribution >= 4 is 40.0 Å². The Kier molecular flexibility index (Phi) is 7.43. The van der Waals surface area contributed by atoms with Gasteiger partial charge in [0.25, 0.3) is 0 Å². The number of hydrogen-bond donors (Lipinski definition) is 1. The predicted octanol–water partition coefficient (Wildman–Crippen LogP) is 5.39. The van der Waals surface area contributed by atoms with E-state index in [0.717, 1.165) is 38.8 Å². The smallest absolute Gasteiger partial charge is 0.324 e. The molecule has 0 spiro atoms. The van der Waals surface area contributed by atoms with Crippen molar-refractivity contribution in [3.05, 3.63) is 10.5 Å². The minimum absolute atomic E-state index is 0.00304. The number of nitrogens with one attached hydrogen (secondary N) is 1. The van der Waals surface area contributed by atoms with Gasteiger partial charge in [0, 0.05) is 31.6 Å². The number of piperidine rings is 1. The molecule has 29 heavy (non-hydrogen) atoms. The highest BCUT2D eigenvalue weighted by molar-refractivity contribution is 7.19. The van der Waals surface area contributed by atoms with Crippen molar-refractivity contribution in [2.24, 2.45) is 5.41 Å². The van der Waals surface area contributed by atoms with Gasteiger partial charge in [-0.1, -0.05) is 63.0 Å². The first kappa shape index (κ1) is 22.3. The Bertz CT molecular complexity index is 704. The molecule has 3 amide bonds. The molecule has 0 unspecified atom stereocenters. The quantitative estimate of drug-likeness (QED) is 0.682. The fourth-order valence-electron chi connectivity index (χ4n) is 4.42. The molecule has 1 aliphatic heterocycles. The topological polar surface area (TPSA) is 65.5 Å². The first-order chi connectivity index (χ1) is 13.7. The minimum atomic E-state index is -0.0811. The van der Waals surface area contributed by atoms with Crippen LogP contribution >= 0.6 is 22.9 Å². The summed E-state index contributed by atoms with van der Waals surface area (Å²) < 4.78 is 0.565. The molecular weight excluding hydrogens is 408 g/mol. The molecule has 0 radical (unpaired) electrons. The molecule has 0 aromatic carbocycles. The first-order valence-corrected chi connectivity index (χ1v) is 11.9. The lowest BCUT2D eigenvalue weighted by Gasteiger charge is -2.43. The van der Waals surface area contributed by atoms with E-state index in [-0.39, 0.29) is 29.4 Å². The molecule has 0 atom stereocenters. The van der Waals surface area contributed by atoms with E-state index >= 15 is 0 Å². The Labute approximate surface area is 183 Å². The van der Waals surface area contributed by atoms with Crippen LogP contribution in [0.4, 0.5) is 9.93 Å².